The van der Waals surface area contributed by atoms with Crippen molar-refractivity contribution in [2.75, 3.05) is 6.61 Å². The molecule has 0 amide bonds. The molecule has 0 bridgehead atoms. The molecule has 0 aromatic carbocycles. The van der Waals surface area contributed by atoms with Crippen molar-refractivity contribution in [1.29, 1.82) is 0 Å². The Kier molecular flexibility index (Phi) is 7.97. The first-order valence-corrected chi connectivity index (χ1v) is 19.4. The van der Waals surface area contributed by atoms with E-state index in [4.69, 9.17) is 12.7 Å². The van der Waals surface area contributed by atoms with Gasteiger partial charge in [-0.1, -0.05) is 0 Å². The highest BCUT2D eigenvalue weighted by molar-refractivity contribution is 6.84. The standard InChI is InChI=1S/C12H34O3Si4/c1-16(12-10-11-13-17(2,3)4)14-19(8,9)15-18(5,6)7/h16H,10-12H2,1-9H3. The Bertz CT molecular complexity index is 259. The van der Waals surface area contributed by atoms with Crippen molar-refractivity contribution in [2.45, 2.75) is 71.4 Å². The van der Waals surface area contributed by atoms with E-state index in [9.17, 15) is 0 Å². The third kappa shape index (κ3) is 13.5. The number of hydrogen-bond donors (Lipinski definition) is 0. The smallest absolute Gasteiger partial charge is 0.310 e. The molecule has 0 fully saturated rings. The van der Waals surface area contributed by atoms with Crippen LogP contribution in [0.5, 0.6) is 0 Å². The predicted octanol–water partition coefficient (Wildman–Crippen LogP) is 4.15. The summed E-state index contributed by atoms with van der Waals surface area (Å²) >= 11 is 0. The van der Waals surface area contributed by atoms with Crippen molar-refractivity contribution in [3.63, 3.8) is 0 Å². The van der Waals surface area contributed by atoms with E-state index in [1.165, 1.54) is 6.04 Å². The summed E-state index contributed by atoms with van der Waals surface area (Å²) in [4.78, 5) is 0. The van der Waals surface area contributed by atoms with Gasteiger partial charge in [-0.3, -0.25) is 0 Å². The summed E-state index contributed by atoms with van der Waals surface area (Å²) in [6.07, 6.45) is 1.13. The molecule has 3 nitrogen and oxygen atoms in total. The Morgan fingerprint density at radius 2 is 1.37 bits per heavy atom. The van der Waals surface area contributed by atoms with Gasteiger partial charge in [0.05, 0.1) is 0 Å². The predicted molar refractivity (Wildman–Crippen MR) is 94.7 cm³/mol. The van der Waals surface area contributed by atoms with Gasteiger partial charge in [-0.2, -0.15) is 0 Å². The summed E-state index contributed by atoms with van der Waals surface area (Å²) in [6.45, 7) is 21.0. The van der Waals surface area contributed by atoms with Crippen molar-refractivity contribution in [1.82, 2.24) is 0 Å². The molecule has 19 heavy (non-hydrogen) atoms. The van der Waals surface area contributed by atoms with E-state index in [1.807, 2.05) is 0 Å². The fourth-order valence-electron chi connectivity index (χ4n) is 2.05. The van der Waals surface area contributed by atoms with Crippen LogP contribution < -0.4 is 0 Å². The Balaban J connectivity index is 3.94. The molecule has 7 heteroatoms. The van der Waals surface area contributed by atoms with E-state index >= 15 is 0 Å². The fourth-order valence-corrected chi connectivity index (χ4v) is 14.4. The minimum atomic E-state index is -1.91. The molecule has 0 spiro atoms. The first-order chi connectivity index (χ1) is 8.31. The third-order valence-electron chi connectivity index (χ3n) is 2.33. The molecule has 0 radical (unpaired) electrons. The summed E-state index contributed by atoms with van der Waals surface area (Å²) in [5, 5.41) is 0. The van der Waals surface area contributed by atoms with Gasteiger partial charge in [0.15, 0.2) is 25.7 Å². The molecule has 0 saturated heterocycles. The van der Waals surface area contributed by atoms with Gasteiger partial charge in [0.1, 0.15) is 0 Å². The van der Waals surface area contributed by atoms with Crippen LogP contribution in [0, 0.1) is 0 Å². The molecule has 0 rings (SSSR count). The maximum atomic E-state index is 6.29. The van der Waals surface area contributed by atoms with E-state index in [2.05, 4.69) is 58.9 Å². The Labute approximate surface area is 125 Å². The second-order valence-corrected chi connectivity index (χ2v) is 23.1. The van der Waals surface area contributed by atoms with Gasteiger partial charge in [0.2, 0.25) is 0 Å². The Morgan fingerprint density at radius 3 is 1.79 bits per heavy atom. The Hall–Kier alpha value is 0.748. The van der Waals surface area contributed by atoms with Gasteiger partial charge in [-0.15, -0.1) is 0 Å². The summed E-state index contributed by atoms with van der Waals surface area (Å²) in [5.41, 5.74) is 0. The highest BCUT2D eigenvalue weighted by Crippen LogP contribution is 2.17. The largest absolute Gasteiger partial charge is 0.439 e. The van der Waals surface area contributed by atoms with Crippen LogP contribution in [-0.2, 0) is 12.7 Å². The zero-order valence-corrected chi connectivity index (χ0v) is 18.6. The quantitative estimate of drug-likeness (QED) is 0.467. The SMILES string of the molecule is C[SiH](CCCO[Si](C)(C)C)O[Si](C)(C)O[Si](C)(C)C. The second-order valence-electron chi connectivity index (χ2n) is 7.65. The number of rotatable bonds is 9. The lowest BCUT2D eigenvalue weighted by atomic mass is 10.5. The van der Waals surface area contributed by atoms with E-state index in [1.54, 1.807) is 0 Å². The molecule has 0 aliphatic carbocycles. The minimum absolute atomic E-state index is 0.896. The monoisotopic (exact) mass is 338 g/mol. The highest BCUT2D eigenvalue weighted by Gasteiger charge is 2.32. The average Bonchev–Trinajstić information content (AvgIpc) is 2.05. The maximum absolute atomic E-state index is 6.29. The molecule has 0 heterocycles. The zero-order valence-electron chi connectivity index (χ0n) is 14.4. The first-order valence-electron chi connectivity index (χ1n) is 7.33. The molecular formula is C12H34O3Si4. The van der Waals surface area contributed by atoms with Crippen LogP contribution in [0.2, 0.25) is 65.0 Å². The third-order valence-corrected chi connectivity index (χ3v) is 12.9. The van der Waals surface area contributed by atoms with Gasteiger partial charge in [0, 0.05) is 6.61 Å². The molecular weight excluding hydrogens is 304 g/mol. The minimum Gasteiger partial charge on any atom is -0.439 e. The zero-order chi connectivity index (χ0) is 15.3. The molecule has 1 atom stereocenters. The Morgan fingerprint density at radius 1 is 0.842 bits per heavy atom. The van der Waals surface area contributed by atoms with Crippen LogP contribution in [-0.4, -0.2) is 40.8 Å². The fraction of sp³-hybridized carbons (Fsp3) is 1.00. The lowest BCUT2D eigenvalue weighted by molar-refractivity contribution is 0.308. The van der Waals surface area contributed by atoms with E-state index in [-0.39, 0.29) is 0 Å². The van der Waals surface area contributed by atoms with Crippen LogP contribution >= 0.6 is 0 Å². The van der Waals surface area contributed by atoms with Gasteiger partial charge >= 0.3 is 8.56 Å². The van der Waals surface area contributed by atoms with Gasteiger partial charge in [-0.25, -0.2) is 0 Å². The lowest BCUT2D eigenvalue weighted by Crippen LogP contribution is -2.47. The summed E-state index contributed by atoms with van der Waals surface area (Å²) < 4.78 is 18.4. The number of hydrogen-bond acceptors (Lipinski definition) is 3. The maximum Gasteiger partial charge on any atom is 0.310 e. The lowest BCUT2D eigenvalue weighted by Gasteiger charge is -2.33. The van der Waals surface area contributed by atoms with Crippen LogP contribution in [0.4, 0.5) is 0 Å². The molecule has 0 N–H and O–H groups in total. The van der Waals surface area contributed by atoms with E-state index in [0.717, 1.165) is 13.0 Å². The van der Waals surface area contributed by atoms with Crippen molar-refractivity contribution < 1.29 is 12.7 Å². The van der Waals surface area contributed by atoms with Crippen LogP contribution in [0.15, 0.2) is 0 Å². The average molecular weight is 339 g/mol. The molecule has 0 aliphatic heterocycles. The van der Waals surface area contributed by atoms with Crippen molar-refractivity contribution >= 4 is 34.2 Å². The molecule has 0 aromatic rings. The van der Waals surface area contributed by atoms with Gasteiger partial charge in [-0.05, 0) is 71.4 Å². The van der Waals surface area contributed by atoms with Crippen LogP contribution in [0.3, 0.4) is 0 Å². The van der Waals surface area contributed by atoms with Crippen LogP contribution in [0.1, 0.15) is 6.42 Å². The van der Waals surface area contributed by atoms with E-state index in [0.29, 0.717) is 0 Å². The molecule has 0 saturated carbocycles. The molecule has 1 unspecified atom stereocenters. The summed E-state index contributed by atoms with van der Waals surface area (Å²) in [7, 11) is -5.84. The second kappa shape index (κ2) is 7.67. The highest BCUT2D eigenvalue weighted by atomic mass is 28.5. The van der Waals surface area contributed by atoms with Gasteiger partial charge < -0.3 is 12.7 Å². The van der Waals surface area contributed by atoms with Crippen molar-refractivity contribution in [2.24, 2.45) is 0 Å². The van der Waals surface area contributed by atoms with Crippen LogP contribution in [0.25, 0.3) is 0 Å². The van der Waals surface area contributed by atoms with E-state index < -0.39 is 34.2 Å². The van der Waals surface area contributed by atoms with Gasteiger partial charge in [0.25, 0.3) is 0 Å². The summed E-state index contributed by atoms with van der Waals surface area (Å²) in [5.74, 6) is 0. The normalized spacial score (nSPS) is 15.6. The molecule has 116 valence electrons. The summed E-state index contributed by atoms with van der Waals surface area (Å²) in [6, 6.07) is 1.19. The first kappa shape index (κ1) is 19.7. The molecule has 0 aromatic heterocycles. The topological polar surface area (TPSA) is 27.7 Å². The van der Waals surface area contributed by atoms with Crippen molar-refractivity contribution in [3.8, 4) is 0 Å². The van der Waals surface area contributed by atoms with Crippen molar-refractivity contribution in [3.05, 3.63) is 0 Å². The molecule has 0 aliphatic rings.